The summed E-state index contributed by atoms with van der Waals surface area (Å²) in [6, 6.07) is 0. The number of amides is 1. The van der Waals surface area contributed by atoms with Gasteiger partial charge in [0.2, 0.25) is 5.91 Å². The molecule has 0 bridgehead atoms. The number of allylic oxidation sites excluding steroid dienone is 3. The highest BCUT2D eigenvalue weighted by molar-refractivity contribution is 5.82. The molecule has 1 amide bonds. The van der Waals surface area contributed by atoms with E-state index in [4.69, 9.17) is 0 Å². The maximum atomic E-state index is 12.2. The van der Waals surface area contributed by atoms with E-state index < -0.39 is 0 Å². The number of carbonyl (C=O) groups is 1. The first-order chi connectivity index (χ1) is 7.91. The van der Waals surface area contributed by atoms with Gasteiger partial charge in [0.15, 0.2) is 0 Å². The highest BCUT2D eigenvalue weighted by Crippen LogP contribution is 2.19. The largest absolute Gasteiger partial charge is 0.316 e. The Morgan fingerprint density at radius 2 is 2.00 bits per heavy atom. The van der Waals surface area contributed by atoms with Crippen molar-refractivity contribution in [3.63, 3.8) is 0 Å². The zero-order valence-corrected chi connectivity index (χ0v) is 11.7. The number of carbonyl (C=O) groups excluding carboxylic acids is 1. The van der Waals surface area contributed by atoms with Crippen LogP contribution in [0.5, 0.6) is 0 Å². The highest BCUT2D eigenvalue weighted by atomic mass is 16.2. The van der Waals surface area contributed by atoms with Crippen molar-refractivity contribution in [1.29, 1.82) is 0 Å². The maximum absolute atomic E-state index is 12.2. The van der Waals surface area contributed by atoms with Gasteiger partial charge in [-0.3, -0.25) is 4.79 Å². The lowest BCUT2D eigenvalue weighted by molar-refractivity contribution is -0.131. The summed E-state index contributed by atoms with van der Waals surface area (Å²) in [7, 11) is 4.11. The normalized spacial score (nSPS) is 21.4. The van der Waals surface area contributed by atoms with Crippen LogP contribution in [0.4, 0.5) is 0 Å². The summed E-state index contributed by atoms with van der Waals surface area (Å²) in [6.45, 7) is 7.86. The topological polar surface area (TPSA) is 23.6 Å². The average Bonchev–Trinajstić information content (AvgIpc) is 2.29. The molecule has 0 fully saturated rings. The van der Waals surface area contributed by atoms with Gasteiger partial charge in [0, 0.05) is 12.2 Å². The quantitative estimate of drug-likeness (QED) is 0.747. The van der Waals surface area contributed by atoms with Crippen LogP contribution in [0.1, 0.15) is 27.2 Å². The van der Waals surface area contributed by atoms with Crippen LogP contribution in [-0.2, 0) is 4.79 Å². The van der Waals surface area contributed by atoms with E-state index in [-0.39, 0.29) is 11.8 Å². The molecule has 1 atom stereocenters. The first-order valence-corrected chi connectivity index (χ1v) is 6.24. The minimum atomic E-state index is -0.0111. The van der Waals surface area contributed by atoms with Crippen molar-refractivity contribution < 1.29 is 4.79 Å². The number of hydrogen-bond donors (Lipinski definition) is 0. The highest BCUT2D eigenvalue weighted by Gasteiger charge is 2.22. The van der Waals surface area contributed by atoms with E-state index in [0.717, 1.165) is 25.2 Å². The summed E-state index contributed by atoms with van der Waals surface area (Å²) in [5.41, 5.74) is 2.24. The Kier molecular flexibility index (Phi) is 4.94. The maximum Gasteiger partial charge on any atom is 0.233 e. The Labute approximate surface area is 105 Å². The molecule has 0 saturated heterocycles. The molecule has 3 nitrogen and oxygen atoms in total. The lowest BCUT2D eigenvalue weighted by Crippen LogP contribution is -2.34. The van der Waals surface area contributed by atoms with Crippen LogP contribution >= 0.6 is 0 Å². The van der Waals surface area contributed by atoms with E-state index in [1.54, 1.807) is 0 Å². The van der Waals surface area contributed by atoms with Crippen LogP contribution in [-0.4, -0.2) is 42.9 Å². The second-order valence-corrected chi connectivity index (χ2v) is 5.13. The van der Waals surface area contributed by atoms with Gasteiger partial charge < -0.3 is 9.80 Å². The van der Waals surface area contributed by atoms with Crippen LogP contribution in [0.3, 0.4) is 0 Å². The van der Waals surface area contributed by atoms with Gasteiger partial charge >= 0.3 is 0 Å². The van der Waals surface area contributed by atoms with Crippen molar-refractivity contribution in [2.24, 2.45) is 5.92 Å². The van der Waals surface area contributed by atoms with Gasteiger partial charge in [-0.05, 0) is 47.0 Å². The molecule has 1 heterocycles. The van der Waals surface area contributed by atoms with E-state index in [0.29, 0.717) is 0 Å². The van der Waals surface area contributed by atoms with Crippen molar-refractivity contribution in [3.05, 3.63) is 23.4 Å². The molecule has 1 rings (SSSR count). The monoisotopic (exact) mass is 236 g/mol. The molecule has 96 valence electrons. The summed E-state index contributed by atoms with van der Waals surface area (Å²) in [5, 5.41) is 0. The molecular formula is C14H24N2O. The molecule has 0 radical (unpaired) electrons. The predicted octanol–water partition coefficient (Wildman–Crippen LogP) is 2.27. The Bertz CT molecular complexity index is 342. The van der Waals surface area contributed by atoms with E-state index in [2.05, 4.69) is 32.0 Å². The Morgan fingerprint density at radius 3 is 2.59 bits per heavy atom. The predicted molar refractivity (Wildman–Crippen MR) is 71.6 cm³/mol. The van der Waals surface area contributed by atoms with Crippen LogP contribution in [0.2, 0.25) is 0 Å². The van der Waals surface area contributed by atoms with Gasteiger partial charge in [-0.2, -0.15) is 0 Å². The zero-order valence-electron chi connectivity index (χ0n) is 11.7. The molecule has 0 saturated carbocycles. The van der Waals surface area contributed by atoms with Gasteiger partial charge in [-0.15, -0.1) is 0 Å². The molecule has 0 aliphatic carbocycles. The third kappa shape index (κ3) is 4.00. The average molecular weight is 236 g/mol. The molecule has 17 heavy (non-hydrogen) atoms. The minimum absolute atomic E-state index is 0.0111. The summed E-state index contributed by atoms with van der Waals surface area (Å²) in [6.07, 6.45) is 5.14. The van der Waals surface area contributed by atoms with Crippen molar-refractivity contribution in [2.75, 3.05) is 27.2 Å². The lowest BCUT2D eigenvalue weighted by Gasteiger charge is -2.24. The second-order valence-electron chi connectivity index (χ2n) is 5.13. The molecule has 0 aromatic rings. The number of rotatable bonds is 4. The van der Waals surface area contributed by atoms with E-state index >= 15 is 0 Å². The van der Waals surface area contributed by atoms with Gasteiger partial charge in [0.05, 0.1) is 5.92 Å². The lowest BCUT2D eigenvalue weighted by atomic mass is 10.1. The van der Waals surface area contributed by atoms with Gasteiger partial charge in [0.25, 0.3) is 0 Å². The third-order valence-electron chi connectivity index (χ3n) is 3.02. The summed E-state index contributed by atoms with van der Waals surface area (Å²) in [5.74, 6) is 0.206. The van der Waals surface area contributed by atoms with Crippen molar-refractivity contribution >= 4 is 5.91 Å². The molecule has 0 aromatic heterocycles. The standard InChI is InChI=1S/C14H24N2O/c1-11-9-12(2)14(17)16(13(3)10-11)8-6-7-15(4)5/h9-10,12H,6-8H2,1-5H3/t12-/m0/s1. The fraction of sp³-hybridized carbons (Fsp3) is 0.643. The molecule has 0 spiro atoms. The Hall–Kier alpha value is -1.09. The number of nitrogens with zero attached hydrogens (tertiary/aromatic N) is 2. The fourth-order valence-corrected chi connectivity index (χ4v) is 2.17. The Morgan fingerprint density at radius 1 is 1.35 bits per heavy atom. The van der Waals surface area contributed by atoms with Crippen LogP contribution < -0.4 is 0 Å². The second kappa shape index (κ2) is 6.01. The smallest absolute Gasteiger partial charge is 0.233 e. The SMILES string of the molecule is CC1=C[C@H](C)C(=O)N(CCCN(C)C)C(C)=C1. The van der Waals surface area contributed by atoms with Crippen LogP contribution in [0, 0.1) is 5.92 Å². The molecule has 0 aromatic carbocycles. The third-order valence-corrected chi connectivity index (χ3v) is 3.02. The molecule has 0 N–H and O–H groups in total. The molecular weight excluding hydrogens is 212 g/mol. The van der Waals surface area contributed by atoms with Gasteiger partial charge in [0.1, 0.15) is 0 Å². The fourth-order valence-electron chi connectivity index (χ4n) is 2.17. The van der Waals surface area contributed by atoms with Gasteiger partial charge in [-0.25, -0.2) is 0 Å². The number of hydrogen-bond acceptors (Lipinski definition) is 2. The summed E-state index contributed by atoms with van der Waals surface area (Å²) < 4.78 is 0. The van der Waals surface area contributed by atoms with Crippen LogP contribution in [0.25, 0.3) is 0 Å². The van der Waals surface area contributed by atoms with Crippen LogP contribution in [0.15, 0.2) is 23.4 Å². The molecule has 0 unspecified atom stereocenters. The first-order valence-electron chi connectivity index (χ1n) is 6.24. The van der Waals surface area contributed by atoms with Crippen molar-refractivity contribution in [1.82, 2.24) is 9.80 Å². The molecule has 1 aliphatic rings. The summed E-state index contributed by atoms with van der Waals surface area (Å²) in [4.78, 5) is 16.3. The molecule has 1 aliphatic heterocycles. The zero-order chi connectivity index (χ0) is 13.0. The minimum Gasteiger partial charge on any atom is -0.316 e. The first kappa shape index (κ1) is 14.0. The van der Waals surface area contributed by atoms with E-state index in [1.165, 1.54) is 5.57 Å². The van der Waals surface area contributed by atoms with Crippen molar-refractivity contribution in [3.8, 4) is 0 Å². The Balaban J connectivity index is 2.69. The molecule has 3 heteroatoms. The van der Waals surface area contributed by atoms with Crippen molar-refractivity contribution in [2.45, 2.75) is 27.2 Å². The van der Waals surface area contributed by atoms with Gasteiger partial charge in [-0.1, -0.05) is 18.6 Å². The summed E-state index contributed by atoms with van der Waals surface area (Å²) >= 11 is 0. The van der Waals surface area contributed by atoms with E-state index in [1.807, 2.05) is 24.8 Å². The van der Waals surface area contributed by atoms with E-state index in [9.17, 15) is 4.79 Å².